The Morgan fingerprint density at radius 2 is 2.03 bits per heavy atom. The number of fused-ring (bicyclic) bond motifs is 1. The lowest BCUT2D eigenvalue weighted by Crippen LogP contribution is -2.34. The second kappa shape index (κ2) is 11.1. The van der Waals surface area contributed by atoms with Crippen molar-refractivity contribution in [2.24, 2.45) is 10.9 Å². The van der Waals surface area contributed by atoms with Crippen LogP contribution >= 0.6 is 34.4 Å². The summed E-state index contributed by atoms with van der Waals surface area (Å²) in [5.74, 6) is -0.479. The molecule has 35 heavy (non-hydrogen) atoms. The number of methoxy groups -OCH3 is 1. The molecule has 2 aromatic rings. The standard InChI is InChI=1S/C25H29N3O4S3/c1-14(2)12-28-23(30)18(11-16-10-9-15(3)34-16)26-25(28)33-13-20(29)27-22-21(24(31)32-4)17-7-5-6-8-19(17)35-22/h9-11,14H,5-8,12-13H2,1-4H3,(H,27,29). The molecule has 0 saturated carbocycles. The average molecular weight is 532 g/mol. The number of carbonyl (C=O) groups excluding carboxylic acids is 3. The number of amides is 2. The first-order valence-corrected chi connectivity index (χ1v) is 14.2. The van der Waals surface area contributed by atoms with Crippen LogP contribution in [0.15, 0.2) is 22.8 Å². The summed E-state index contributed by atoms with van der Waals surface area (Å²) in [5, 5.41) is 3.99. The number of esters is 1. The van der Waals surface area contributed by atoms with Gasteiger partial charge in [-0.3, -0.25) is 14.5 Å². The van der Waals surface area contributed by atoms with Gasteiger partial charge >= 0.3 is 5.97 Å². The minimum atomic E-state index is -0.417. The highest BCUT2D eigenvalue weighted by Crippen LogP contribution is 2.38. The summed E-state index contributed by atoms with van der Waals surface area (Å²) >= 11 is 4.30. The van der Waals surface area contributed by atoms with Crippen molar-refractivity contribution in [3.8, 4) is 0 Å². The molecule has 1 aliphatic heterocycles. The van der Waals surface area contributed by atoms with Crippen molar-refractivity contribution in [2.75, 3.05) is 24.7 Å². The first-order chi connectivity index (χ1) is 16.8. The van der Waals surface area contributed by atoms with Crippen LogP contribution in [0.4, 0.5) is 5.00 Å². The monoisotopic (exact) mass is 531 g/mol. The van der Waals surface area contributed by atoms with Gasteiger partial charge in [-0.05, 0) is 62.3 Å². The lowest BCUT2D eigenvalue weighted by Gasteiger charge is -2.19. The van der Waals surface area contributed by atoms with Gasteiger partial charge in [0.1, 0.15) is 10.7 Å². The van der Waals surface area contributed by atoms with E-state index in [1.807, 2.05) is 32.9 Å². The van der Waals surface area contributed by atoms with E-state index in [2.05, 4.69) is 10.3 Å². The third-order valence-corrected chi connectivity index (χ3v) is 8.78. The fraction of sp³-hybridized carbons (Fsp3) is 0.440. The van der Waals surface area contributed by atoms with Gasteiger partial charge in [-0.1, -0.05) is 25.6 Å². The van der Waals surface area contributed by atoms with E-state index in [1.54, 1.807) is 22.3 Å². The molecule has 0 aromatic carbocycles. The molecule has 0 fully saturated rings. The largest absolute Gasteiger partial charge is 0.465 e. The molecule has 1 aliphatic carbocycles. The molecule has 0 spiro atoms. The number of aryl methyl sites for hydroxylation is 2. The number of anilines is 1. The van der Waals surface area contributed by atoms with E-state index >= 15 is 0 Å². The van der Waals surface area contributed by atoms with Crippen molar-refractivity contribution in [1.29, 1.82) is 0 Å². The van der Waals surface area contributed by atoms with E-state index in [4.69, 9.17) is 4.74 Å². The zero-order chi connectivity index (χ0) is 25.1. The molecule has 0 bridgehead atoms. The fourth-order valence-electron chi connectivity index (χ4n) is 4.10. The van der Waals surface area contributed by atoms with E-state index < -0.39 is 5.97 Å². The second-order valence-corrected chi connectivity index (χ2v) is 12.3. The zero-order valence-corrected chi connectivity index (χ0v) is 22.8. The first-order valence-electron chi connectivity index (χ1n) is 11.6. The summed E-state index contributed by atoms with van der Waals surface area (Å²) in [6.07, 6.45) is 5.65. The van der Waals surface area contributed by atoms with Gasteiger partial charge < -0.3 is 10.1 Å². The molecular weight excluding hydrogens is 502 g/mol. The van der Waals surface area contributed by atoms with E-state index in [9.17, 15) is 14.4 Å². The normalized spacial score (nSPS) is 16.6. The van der Waals surface area contributed by atoms with Crippen LogP contribution < -0.4 is 5.32 Å². The molecule has 3 heterocycles. The highest BCUT2D eigenvalue weighted by molar-refractivity contribution is 8.14. The zero-order valence-electron chi connectivity index (χ0n) is 20.3. The number of thiophene rings is 2. The molecule has 10 heteroatoms. The van der Waals surface area contributed by atoms with Crippen LogP contribution in [-0.2, 0) is 27.2 Å². The van der Waals surface area contributed by atoms with Crippen molar-refractivity contribution in [2.45, 2.75) is 46.5 Å². The first kappa shape index (κ1) is 25.7. The van der Waals surface area contributed by atoms with Gasteiger partial charge in [0.25, 0.3) is 5.91 Å². The molecule has 1 N–H and O–H groups in total. The van der Waals surface area contributed by atoms with E-state index in [1.165, 1.54) is 30.2 Å². The highest BCUT2D eigenvalue weighted by Gasteiger charge is 2.32. The van der Waals surface area contributed by atoms with Gasteiger partial charge in [-0.2, -0.15) is 0 Å². The second-order valence-electron chi connectivity index (χ2n) is 8.93. The summed E-state index contributed by atoms with van der Waals surface area (Å²) in [5.41, 5.74) is 1.87. The quantitative estimate of drug-likeness (QED) is 0.384. The van der Waals surface area contributed by atoms with E-state index in [-0.39, 0.29) is 23.5 Å². The van der Waals surface area contributed by atoms with Crippen molar-refractivity contribution < 1.29 is 19.1 Å². The maximum Gasteiger partial charge on any atom is 0.341 e. The van der Waals surface area contributed by atoms with Gasteiger partial charge in [0.2, 0.25) is 5.91 Å². The Morgan fingerprint density at radius 3 is 2.71 bits per heavy atom. The molecule has 2 amide bonds. The van der Waals surface area contributed by atoms with Crippen LogP contribution in [0, 0.1) is 12.8 Å². The Hall–Kier alpha value is -2.43. The Labute approximate surface area is 217 Å². The lowest BCUT2D eigenvalue weighted by atomic mass is 9.95. The van der Waals surface area contributed by atoms with Gasteiger partial charge in [0.15, 0.2) is 5.17 Å². The van der Waals surface area contributed by atoms with Gasteiger partial charge in [-0.15, -0.1) is 22.7 Å². The highest BCUT2D eigenvalue weighted by atomic mass is 32.2. The summed E-state index contributed by atoms with van der Waals surface area (Å²) in [6, 6.07) is 3.98. The minimum absolute atomic E-state index is 0.0786. The maximum atomic E-state index is 13.0. The predicted octanol–water partition coefficient (Wildman–Crippen LogP) is 5.35. The Kier molecular flexibility index (Phi) is 8.13. The van der Waals surface area contributed by atoms with Crippen LogP contribution in [0.25, 0.3) is 6.08 Å². The number of carbonyl (C=O) groups is 3. The number of hydrogen-bond donors (Lipinski definition) is 1. The number of rotatable bonds is 7. The van der Waals surface area contributed by atoms with Crippen molar-refractivity contribution in [1.82, 2.24) is 4.90 Å². The van der Waals surface area contributed by atoms with E-state index in [0.29, 0.717) is 28.0 Å². The van der Waals surface area contributed by atoms with Crippen molar-refractivity contribution >= 4 is 68.5 Å². The third kappa shape index (κ3) is 5.87. The van der Waals surface area contributed by atoms with E-state index in [0.717, 1.165) is 45.9 Å². The van der Waals surface area contributed by atoms with Gasteiger partial charge in [0, 0.05) is 21.2 Å². The van der Waals surface area contributed by atoms with Crippen molar-refractivity contribution in [3.05, 3.63) is 43.6 Å². The topological polar surface area (TPSA) is 88.1 Å². The fourth-order valence-corrected chi connectivity index (χ4v) is 7.01. The minimum Gasteiger partial charge on any atom is -0.465 e. The maximum absolute atomic E-state index is 13.0. The number of hydrogen-bond acceptors (Lipinski definition) is 8. The van der Waals surface area contributed by atoms with Gasteiger partial charge in [0.05, 0.1) is 18.4 Å². The number of ether oxygens (including phenoxy) is 1. The number of nitrogens with zero attached hydrogens (tertiary/aromatic N) is 2. The summed E-state index contributed by atoms with van der Waals surface area (Å²) in [6.45, 7) is 6.63. The molecule has 0 saturated heterocycles. The van der Waals surface area contributed by atoms with Crippen LogP contribution in [0.1, 0.15) is 57.2 Å². The molecule has 7 nitrogen and oxygen atoms in total. The molecule has 4 rings (SSSR count). The average Bonchev–Trinajstić information content (AvgIpc) is 3.48. The Bertz CT molecular complexity index is 1210. The van der Waals surface area contributed by atoms with Crippen LogP contribution in [0.5, 0.6) is 0 Å². The summed E-state index contributed by atoms with van der Waals surface area (Å²) in [4.78, 5) is 47.9. The Balaban J connectivity index is 1.49. The number of amidine groups is 1. The van der Waals surface area contributed by atoms with Crippen LogP contribution in [0.3, 0.4) is 0 Å². The number of thioether (sulfide) groups is 1. The molecule has 0 atom stereocenters. The molecule has 186 valence electrons. The molecule has 0 unspecified atom stereocenters. The molecule has 2 aliphatic rings. The summed E-state index contributed by atoms with van der Waals surface area (Å²) in [7, 11) is 1.36. The predicted molar refractivity (Wildman–Crippen MR) is 144 cm³/mol. The molecular formula is C25H29N3O4S3. The summed E-state index contributed by atoms with van der Waals surface area (Å²) < 4.78 is 4.99. The third-order valence-electron chi connectivity index (χ3n) is 5.65. The van der Waals surface area contributed by atoms with Crippen LogP contribution in [-0.4, -0.2) is 47.3 Å². The molecule has 0 radical (unpaired) electrons. The lowest BCUT2D eigenvalue weighted by molar-refractivity contribution is -0.122. The van der Waals surface area contributed by atoms with Crippen molar-refractivity contribution in [3.63, 3.8) is 0 Å². The number of nitrogens with one attached hydrogen (secondary N) is 1. The Morgan fingerprint density at radius 1 is 1.26 bits per heavy atom. The van der Waals surface area contributed by atoms with Crippen LogP contribution in [0.2, 0.25) is 0 Å². The SMILES string of the molecule is COC(=O)c1c(NC(=O)CSC2=NC(=Cc3ccc(C)s3)C(=O)N2CC(C)C)sc2c1CCCC2. The molecule has 2 aromatic heterocycles. The smallest absolute Gasteiger partial charge is 0.341 e. The number of aliphatic imine (C=N–C) groups is 1. The van der Waals surface area contributed by atoms with Gasteiger partial charge in [-0.25, -0.2) is 9.79 Å².